The Labute approximate surface area is 125 Å². The zero-order chi connectivity index (χ0) is 15.4. The molecule has 114 valence electrons. The van der Waals surface area contributed by atoms with Gasteiger partial charge < -0.3 is 5.32 Å². The lowest BCUT2D eigenvalue weighted by Gasteiger charge is -2.20. The van der Waals surface area contributed by atoms with Crippen LogP contribution in [-0.2, 0) is 6.42 Å². The summed E-state index contributed by atoms with van der Waals surface area (Å²) in [6.07, 6.45) is 2.18. The smallest absolute Gasteiger partial charge is 0.138 e. The summed E-state index contributed by atoms with van der Waals surface area (Å²) in [4.78, 5) is 4.32. The molecule has 1 unspecified atom stereocenters. The molecule has 2 rings (SSSR count). The molecule has 5 heteroatoms. The number of likely N-dealkylation sites (N-methyl/N-ethyl adjacent to an activating group) is 1. The second-order valence-corrected chi connectivity index (χ2v) is 5.55. The molecule has 0 saturated carbocycles. The zero-order valence-corrected chi connectivity index (χ0v) is 13.1. The molecule has 1 atom stereocenters. The molecule has 0 radical (unpaired) electrons. The van der Waals surface area contributed by atoms with E-state index in [-0.39, 0.29) is 17.9 Å². The minimum Gasteiger partial charge on any atom is -0.310 e. The molecule has 0 amide bonds. The Morgan fingerprint density at radius 1 is 1.33 bits per heavy atom. The zero-order valence-electron chi connectivity index (χ0n) is 13.1. The fourth-order valence-corrected chi connectivity index (χ4v) is 2.49. The number of nitrogens with zero attached hydrogens (tertiary/aromatic N) is 3. The van der Waals surface area contributed by atoms with Crippen molar-refractivity contribution in [1.29, 1.82) is 0 Å². The van der Waals surface area contributed by atoms with Crippen LogP contribution < -0.4 is 5.32 Å². The van der Waals surface area contributed by atoms with Crippen LogP contribution in [0.5, 0.6) is 0 Å². The van der Waals surface area contributed by atoms with Gasteiger partial charge in [-0.05, 0) is 38.9 Å². The van der Waals surface area contributed by atoms with Gasteiger partial charge in [0.1, 0.15) is 18.0 Å². The summed E-state index contributed by atoms with van der Waals surface area (Å²) >= 11 is 0. The number of rotatable bonds is 6. The Morgan fingerprint density at radius 2 is 2.10 bits per heavy atom. The Hall–Kier alpha value is -1.75. The van der Waals surface area contributed by atoms with Crippen LogP contribution in [0.25, 0.3) is 0 Å². The van der Waals surface area contributed by atoms with Gasteiger partial charge in [0.05, 0.1) is 0 Å². The summed E-state index contributed by atoms with van der Waals surface area (Å²) in [6.45, 7) is 8.81. The first-order valence-corrected chi connectivity index (χ1v) is 7.40. The van der Waals surface area contributed by atoms with Crippen molar-refractivity contribution in [3.05, 3.63) is 47.3 Å². The third-order valence-electron chi connectivity index (χ3n) is 3.50. The molecule has 0 saturated heterocycles. The lowest BCUT2D eigenvalue weighted by atomic mass is 10.0. The van der Waals surface area contributed by atoms with E-state index in [1.165, 1.54) is 0 Å². The average molecular weight is 290 g/mol. The summed E-state index contributed by atoms with van der Waals surface area (Å²) < 4.78 is 16.1. The molecule has 0 aliphatic carbocycles. The number of hydrogen-bond donors (Lipinski definition) is 1. The van der Waals surface area contributed by atoms with Gasteiger partial charge in [0.15, 0.2) is 0 Å². The van der Waals surface area contributed by atoms with E-state index in [1.807, 2.05) is 30.7 Å². The van der Waals surface area contributed by atoms with Crippen molar-refractivity contribution in [2.45, 2.75) is 46.2 Å². The maximum Gasteiger partial charge on any atom is 0.138 e. The number of aromatic nitrogens is 3. The van der Waals surface area contributed by atoms with Crippen molar-refractivity contribution in [3.8, 4) is 0 Å². The number of halogens is 1. The molecule has 0 fully saturated rings. The minimum absolute atomic E-state index is 0.0997. The van der Waals surface area contributed by atoms with Crippen LogP contribution in [0.4, 0.5) is 4.39 Å². The van der Waals surface area contributed by atoms with E-state index in [2.05, 4.69) is 29.2 Å². The van der Waals surface area contributed by atoms with E-state index in [0.717, 1.165) is 17.9 Å². The highest BCUT2D eigenvalue weighted by atomic mass is 19.1. The van der Waals surface area contributed by atoms with E-state index in [1.54, 1.807) is 12.4 Å². The molecule has 1 N–H and O–H groups in total. The van der Waals surface area contributed by atoms with Gasteiger partial charge in [-0.2, -0.15) is 5.10 Å². The molecule has 21 heavy (non-hydrogen) atoms. The third kappa shape index (κ3) is 3.67. The van der Waals surface area contributed by atoms with E-state index >= 15 is 0 Å². The van der Waals surface area contributed by atoms with Gasteiger partial charge in [-0.1, -0.05) is 19.1 Å². The average Bonchev–Trinajstić information content (AvgIpc) is 2.86. The monoisotopic (exact) mass is 290 g/mol. The summed E-state index contributed by atoms with van der Waals surface area (Å²) in [5.41, 5.74) is 1.61. The molecule has 4 nitrogen and oxygen atoms in total. The molecule has 2 aromatic rings. The molecule has 1 aromatic carbocycles. The maximum absolute atomic E-state index is 14.2. The van der Waals surface area contributed by atoms with Crippen molar-refractivity contribution >= 4 is 0 Å². The molecule has 1 heterocycles. The van der Waals surface area contributed by atoms with Crippen molar-refractivity contribution in [2.24, 2.45) is 0 Å². The molecule has 0 spiro atoms. The topological polar surface area (TPSA) is 42.7 Å². The lowest BCUT2D eigenvalue weighted by molar-refractivity contribution is 0.457. The molecule has 1 aromatic heterocycles. The number of nitrogens with one attached hydrogen (secondary N) is 1. The van der Waals surface area contributed by atoms with Gasteiger partial charge in [-0.15, -0.1) is 0 Å². The molecular formula is C16H23FN4. The number of benzene rings is 1. The van der Waals surface area contributed by atoms with E-state index < -0.39 is 0 Å². The second kappa shape index (κ2) is 6.80. The highest BCUT2D eigenvalue weighted by Crippen LogP contribution is 2.22. The van der Waals surface area contributed by atoms with Crippen LogP contribution in [0.2, 0.25) is 0 Å². The first-order valence-electron chi connectivity index (χ1n) is 7.40. The maximum atomic E-state index is 14.2. The number of aryl methyl sites for hydroxylation is 1. The highest BCUT2D eigenvalue weighted by Gasteiger charge is 2.19. The third-order valence-corrected chi connectivity index (χ3v) is 3.50. The first kappa shape index (κ1) is 15.6. The molecule has 0 bridgehead atoms. The van der Waals surface area contributed by atoms with Crippen LogP contribution in [0.3, 0.4) is 0 Å². The quantitative estimate of drug-likeness (QED) is 0.888. The van der Waals surface area contributed by atoms with Gasteiger partial charge in [0.2, 0.25) is 0 Å². The first-order chi connectivity index (χ1) is 10.0. The van der Waals surface area contributed by atoms with Crippen molar-refractivity contribution in [2.75, 3.05) is 6.54 Å². The second-order valence-electron chi connectivity index (χ2n) is 5.55. The lowest BCUT2D eigenvalue weighted by Crippen LogP contribution is -2.25. The van der Waals surface area contributed by atoms with Gasteiger partial charge in [-0.25, -0.2) is 14.1 Å². The minimum atomic E-state index is -0.170. The van der Waals surface area contributed by atoms with E-state index in [9.17, 15) is 4.39 Å². The normalized spacial score (nSPS) is 12.9. The SMILES string of the molecule is CCNC(Cc1ncnn1C(C)C)c1ccc(C)cc1F. The molecule has 0 aliphatic heterocycles. The molecule has 0 aliphatic rings. The van der Waals surface area contributed by atoms with E-state index in [4.69, 9.17) is 0 Å². The molecular weight excluding hydrogens is 267 g/mol. The van der Waals surface area contributed by atoms with Crippen LogP contribution in [0, 0.1) is 12.7 Å². The van der Waals surface area contributed by atoms with Gasteiger partial charge in [0, 0.05) is 24.1 Å². The van der Waals surface area contributed by atoms with Crippen molar-refractivity contribution in [1.82, 2.24) is 20.1 Å². The predicted octanol–water partition coefficient (Wildman–Crippen LogP) is 3.20. The van der Waals surface area contributed by atoms with Crippen LogP contribution in [-0.4, -0.2) is 21.3 Å². The van der Waals surface area contributed by atoms with Crippen LogP contribution in [0.1, 0.15) is 49.8 Å². The largest absolute Gasteiger partial charge is 0.310 e. The Balaban J connectivity index is 2.28. The van der Waals surface area contributed by atoms with Gasteiger partial charge in [-0.3, -0.25) is 0 Å². The van der Waals surface area contributed by atoms with Crippen LogP contribution >= 0.6 is 0 Å². The number of hydrogen-bond acceptors (Lipinski definition) is 3. The van der Waals surface area contributed by atoms with Crippen molar-refractivity contribution < 1.29 is 4.39 Å². The fraction of sp³-hybridized carbons (Fsp3) is 0.500. The van der Waals surface area contributed by atoms with Gasteiger partial charge in [0.25, 0.3) is 0 Å². The Kier molecular flexibility index (Phi) is 5.07. The highest BCUT2D eigenvalue weighted by molar-refractivity contribution is 5.27. The van der Waals surface area contributed by atoms with Crippen LogP contribution in [0.15, 0.2) is 24.5 Å². The fourth-order valence-electron chi connectivity index (χ4n) is 2.49. The van der Waals surface area contributed by atoms with Gasteiger partial charge >= 0.3 is 0 Å². The summed E-state index contributed by atoms with van der Waals surface area (Å²) in [5.74, 6) is 0.701. The summed E-state index contributed by atoms with van der Waals surface area (Å²) in [6, 6.07) is 5.52. The van der Waals surface area contributed by atoms with E-state index in [0.29, 0.717) is 12.0 Å². The Morgan fingerprint density at radius 3 is 2.71 bits per heavy atom. The predicted molar refractivity (Wildman–Crippen MR) is 81.7 cm³/mol. The standard InChI is InChI=1S/C16H23FN4/c1-5-18-15(13-7-6-12(4)8-14(13)17)9-16-19-10-20-21(16)11(2)3/h6-8,10-11,15,18H,5,9H2,1-4H3. The summed E-state index contributed by atoms with van der Waals surface area (Å²) in [5, 5.41) is 7.59. The Bertz CT molecular complexity index is 592. The summed E-state index contributed by atoms with van der Waals surface area (Å²) in [7, 11) is 0. The van der Waals surface area contributed by atoms with Crippen molar-refractivity contribution in [3.63, 3.8) is 0 Å².